The molecule has 1 saturated carbocycles. The van der Waals surface area contributed by atoms with E-state index in [1.165, 1.54) is 11.6 Å². The molecule has 3 aromatic rings. The Hall–Kier alpha value is -2.73. The topological polar surface area (TPSA) is 43.3 Å². The van der Waals surface area contributed by atoms with Gasteiger partial charge < -0.3 is 14.6 Å². The monoisotopic (exact) mass is 368 g/mol. The third-order valence-corrected chi connectivity index (χ3v) is 5.34. The average molecular weight is 368 g/mol. The van der Waals surface area contributed by atoms with Crippen LogP contribution in [-0.2, 0) is 13.1 Å². The second-order valence-corrected chi connectivity index (χ2v) is 7.12. The Bertz CT molecular complexity index is 1100. The molecule has 6 heteroatoms. The molecule has 138 valence electrons. The van der Waals surface area contributed by atoms with E-state index < -0.39 is 6.61 Å². The molecule has 2 heterocycles. The number of hydrogen-bond donors (Lipinski definition) is 1. The van der Waals surface area contributed by atoms with Crippen molar-refractivity contribution in [3.63, 3.8) is 0 Å². The van der Waals surface area contributed by atoms with Gasteiger partial charge in [-0.25, -0.2) is 0 Å². The highest BCUT2D eigenvalue weighted by Gasteiger charge is 2.27. The molecule has 2 aliphatic rings. The molecule has 1 aliphatic carbocycles. The lowest BCUT2D eigenvalue weighted by Gasteiger charge is -2.18. The number of nitrogens with zero attached hydrogens (tertiary/aromatic N) is 1. The molecular weight excluding hydrogens is 350 g/mol. The van der Waals surface area contributed by atoms with E-state index in [1.54, 1.807) is 18.3 Å². The van der Waals surface area contributed by atoms with Gasteiger partial charge in [0.05, 0.1) is 5.52 Å². The van der Waals surface area contributed by atoms with E-state index in [9.17, 15) is 13.6 Å². The van der Waals surface area contributed by atoms with Crippen LogP contribution < -0.4 is 15.5 Å². The number of alkyl halides is 2. The molecule has 1 aromatic heterocycles. The Kier molecular flexibility index (Phi) is 3.75. The van der Waals surface area contributed by atoms with Crippen LogP contribution >= 0.6 is 0 Å². The van der Waals surface area contributed by atoms with E-state index >= 15 is 0 Å². The predicted molar refractivity (Wildman–Crippen MR) is 99.1 cm³/mol. The zero-order valence-electron chi connectivity index (χ0n) is 14.5. The quantitative estimate of drug-likeness (QED) is 0.750. The van der Waals surface area contributed by atoms with Crippen LogP contribution in [0.4, 0.5) is 8.78 Å². The summed E-state index contributed by atoms with van der Waals surface area (Å²) < 4.78 is 33.5. The fourth-order valence-electron chi connectivity index (χ4n) is 3.89. The number of nitrogens with one attached hydrogen (secondary N) is 1. The van der Waals surface area contributed by atoms with Gasteiger partial charge in [0, 0.05) is 42.3 Å². The number of halogens is 2. The summed E-state index contributed by atoms with van der Waals surface area (Å²) >= 11 is 0. The molecule has 5 rings (SSSR count). The van der Waals surface area contributed by atoms with Crippen molar-refractivity contribution in [2.45, 2.75) is 38.6 Å². The Labute approximate surface area is 154 Å². The first-order valence-electron chi connectivity index (χ1n) is 9.07. The fourth-order valence-corrected chi connectivity index (χ4v) is 3.89. The van der Waals surface area contributed by atoms with Crippen LogP contribution in [0.5, 0.6) is 5.75 Å². The molecule has 27 heavy (non-hydrogen) atoms. The van der Waals surface area contributed by atoms with Crippen molar-refractivity contribution in [3.05, 3.63) is 63.9 Å². The zero-order valence-corrected chi connectivity index (χ0v) is 14.5. The van der Waals surface area contributed by atoms with Gasteiger partial charge >= 0.3 is 6.61 Å². The normalized spacial score (nSPS) is 16.1. The van der Waals surface area contributed by atoms with E-state index in [-0.39, 0.29) is 17.2 Å². The highest BCUT2D eigenvalue weighted by molar-refractivity contribution is 5.93. The lowest BCUT2D eigenvalue weighted by atomic mass is 9.98. The summed E-state index contributed by atoms with van der Waals surface area (Å²) in [7, 11) is 0. The Morgan fingerprint density at radius 2 is 1.89 bits per heavy atom. The first-order valence-corrected chi connectivity index (χ1v) is 9.07. The van der Waals surface area contributed by atoms with Crippen molar-refractivity contribution in [3.8, 4) is 16.9 Å². The summed E-state index contributed by atoms with van der Waals surface area (Å²) in [5.74, 6) is 0.0815. The second-order valence-electron chi connectivity index (χ2n) is 7.12. The molecule has 1 N–H and O–H groups in total. The highest BCUT2D eigenvalue weighted by atomic mass is 19.3. The van der Waals surface area contributed by atoms with Crippen LogP contribution in [-0.4, -0.2) is 11.2 Å². The first kappa shape index (κ1) is 16.4. The lowest BCUT2D eigenvalue weighted by molar-refractivity contribution is -0.0486. The van der Waals surface area contributed by atoms with Gasteiger partial charge in [-0.05, 0) is 47.7 Å². The van der Waals surface area contributed by atoms with Crippen molar-refractivity contribution in [2.75, 3.05) is 0 Å². The zero-order chi connectivity index (χ0) is 18.5. The van der Waals surface area contributed by atoms with E-state index in [4.69, 9.17) is 4.74 Å². The van der Waals surface area contributed by atoms with Crippen LogP contribution in [0.3, 0.4) is 0 Å². The summed E-state index contributed by atoms with van der Waals surface area (Å²) in [5, 5.41) is 3.69. The van der Waals surface area contributed by atoms with E-state index in [2.05, 4.69) is 5.32 Å². The molecule has 1 fully saturated rings. The summed E-state index contributed by atoms with van der Waals surface area (Å²) in [4.78, 5) is 12.3. The molecule has 0 saturated heterocycles. The molecule has 0 radical (unpaired) electrons. The van der Waals surface area contributed by atoms with Gasteiger partial charge in [0.15, 0.2) is 11.2 Å². The lowest BCUT2D eigenvalue weighted by Crippen LogP contribution is -2.11. The third-order valence-electron chi connectivity index (χ3n) is 5.34. The smallest absolute Gasteiger partial charge is 0.387 e. The molecular formula is C21H18F2N2O2. The maximum Gasteiger partial charge on any atom is 0.387 e. The number of rotatable bonds is 4. The van der Waals surface area contributed by atoms with Gasteiger partial charge in [0.2, 0.25) is 0 Å². The molecule has 0 unspecified atom stereocenters. The Balaban J connectivity index is 1.79. The maximum absolute atomic E-state index is 13.3. The molecule has 2 aromatic carbocycles. The SMILES string of the molecule is O=c1ccn(C2CC2)c2c(OC(F)F)c(-c3ccc4c(c3)CNC4)ccc12. The van der Waals surface area contributed by atoms with Crippen LogP contribution in [0.2, 0.25) is 0 Å². The summed E-state index contributed by atoms with van der Waals surface area (Å²) in [6, 6.07) is 11.1. The molecule has 0 atom stereocenters. The summed E-state index contributed by atoms with van der Waals surface area (Å²) in [6.45, 7) is -1.39. The predicted octanol–water partition coefficient (Wildman–Crippen LogP) is 4.21. The molecule has 0 spiro atoms. The van der Waals surface area contributed by atoms with Crippen LogP contribution in [0.1, 0.15) is 30.0 Å². The van der Waals surface area contributed by atoms with Crippen LogP contribution in [0, 0.1) is 0 Å². The number of pyridine rings is 1. The standard InChI is InChI=1S/C21H18F2N2O2/c22-21(23)27-20-16(12-1-2-13-10-24-11-14(13)9-12)5-6-17-18(26)7-8-25(19(17)20)15-3-4-15/h1-2,5-9,15,21,24H,3-4,10-11H2. The number of fused-ring (bicyclic) bond motifs is 2. The minimum Gasteiger partial charge on any atom is -0.432 e. The minimum atomic E-state index is -2.96. The van der Waals surface area contributed by atoms with Gasteiger partial charge in [-0.1, -0.05) is 12.1 Å². The minimum absolute atomic E-state index is 0.0815. The van der Waals surface area contributed by atoms with Crippen molar-refractivity contribution in [1.29, 1.82) is 0 Å². The Morgan fingerprint density at radius 3 is 2.67 bits per heavy atom. The number of ether oxygens (including phenoxy) is 1. The highest BCUT2D eigenvalue weighted by Crippen LogP contribution is 2.43. The fraction of sp³-hybridized carbons (Fsp3) is 0.286. The third kappa shape index (κ3) is 2.80. The number of benzene rings is 2. The van der Waals surface area contributed by atoms with Gasteiger partial charge in [-0.15, -0.1) is 0 Å². The van der Waals surface area contributed by atoms with Gasteiger partial charge in [-0.2, -0.15) is 8.78 Å². The number of hydrogen-bond acceptors (Lipinski definition) is 3. The van der Waals surface area contributed by atoms with Gasteiger partial charge in [0.25, 0.3) is 0 Å². The van der Waals surface area contributed by atoms with E-state index in [1.807, 2.05) is 22.8 Å². The summed E-state index contributed by atoms with van der Waals surface area (Å²) in [6.07, 6.45) is 3.64. The average Bonchev–Trinajstić information content (AvgIpc) is 3.38. The molecule has 0 bridgehead atoms. The maximum atomic E-state index is 13.3. The van der Waals surface area contributed by atoms with Crippen molar-refractivity contribution in [2.24, 2.45) is 0 Å². The van der Waals surface area contributed by atoms with Gasteiger partial charge in [0.1, 0.15) is 0 Å². The molecule has 4 nitrogen and oxygen atoms in total. The van der Waals surface area contributed by atoms with Crippen molar-refractivity contribution < 1.29 is 13.5 Å². The van der Waals surface area contributed by atoms with Gasteiger partial charge in [-0.3, -0.25) is 4.79 Å². The molecule has 1 aliphatic heterocycles. The Morgan fingerprint density at radius 1 is 1.07 bits per heavy atom. The molecule has 0 amide bonds. The van der Waals surface area contributed by atoms with Crippen molar-refractivity contribution >= 4 is 10.9 Å². The first-order chi connectivity index (χ1) is 13.1. The van der Waals surface area contributed by atoms with Crippen molar-refractivity contribution in [1.82, 2.24) is 9.88 Å². The van der Waals surface area contributed by atoms with E-state index in [0.29, 0.717) is 16.5 Å². The van der Waals surface area contributed by atoms with E-state index in [0.717, 1.165) is 37.1 Å². The van der Waals surface area contributed by atoms with Crippen LogP contribution in [0.25, 0.3) is 22.0 Å². The summed E-state index contributed by atoms with van der Waals surface area (Å²) in [5.41, 5.74) is 4.03. The number of aromatic nitrogens is 1. The van der Waals surface area contributed by atoms with Crippen LogP contribution in [0.15, 0.2) is 47.4 Å². The largest absolute Gasteiger partial charge is 0.432 e. The second kappa shape index (κ2) is 6.16.